The summed E-state index contributed by atoms with van der Waals surface area (Å²) in [6.45, 7) is 3.99. The summed E-state index contributed by atoms with van der Waals surface area (Å²) < 4.78 is 46.4. The molecule has 1 aromatic carbocycles. The van der Waals surface area contributed by atoms with Crippen LogP contribution in [0.1, 0.15) is 115 Å². The summed E-state index contributed by atoms with van der Waals surface area (Å²) in [5.41, 5.74) is 0.374. The second kappa shape index (κ2) is 16.3. The van der Waals surface area contributed by atoms with Crippen molar-refractivity contribution in [3.63, 3.8) is 0 Å². The molecule has 2 aliphatic heterocycles. The van der Waals surface area contributed by atoms with E-state index < -0.39 is 44.7 Å². The quantitative estimate of drug-likeness (QED) is 0.223. The molecule has 8 rings (SSSR count). The lowest BCUT2D eigenvalue weighted by Crippen LogP contribution is -2.47. The minimum atomic E-state index is -3.84. The summed E-state index contributed by atoms with van der Waals surface area (Å²) >= 11 is 0. The SMILES string of the molecule is C=C[C@@H]1C[C@]1(CC(=O)[C@@H]1C[C@@H]2CN1C(=O)[C@H](C1CCCC1)CC(=O)O[C@@H]1CCC[C@H]1CCCCCc1nc3ccc(OC)cc3cc1O2)C(=O)NS(=O)(=O)C1CC1. The van der Waals surface area contributed by atoms with Gasteiger partial charge < -0.3 is 19.1 Å². The van der Waals surface area contributed by atoms with E-state index in [4.69, 9.17) is 19.2 Å². The smallest absolute Gasteiger partial charge is 0.306 e. The molecule has 3 heterocycles. The molecule has 308 valence electrons. The van der Waals surface area contributed by atoms with Gasteiger partial charge in [0.15, 0.2) is 5.78 Å². The van der Waals surface area contributed by atoms with Crippen LogP contribution in [0.2, 0.25) is 0 Å². The molecular formula is C44H57N3O9S. The fourth-order valence-electron chi connectivity index (χ4n) is 10.3. The summed E-state index contributed by atoms with van der Waals surface area (Å²) in [6.07, 6.45) is 13.1. The topological polar surface area (TPSA) is 158 Å². The van der Waals surface area contributed by atoms with Gasteiger partial charge in [0.1, 0.15) is 23.7 Å². The van der Waals surface area contributed by atoms with E-state index in [0.717, 1.165) is 87.2 Å². The van der Waals surface area contributed by atoms with Crippen molar-refractivity contribution in [2.75, 3.05) is 13.7 Å². The van der Waals surface area contributed by atoms with Crippen LogP contribution >= 0.6 is 0 Å². The Balaban J connectivity index is 1.13. The number of carbonyl (C=O) groups excluding carboxylic acids is 4. The second-order valence-electron chi connectivity index (χ2n) is 17.7. The predicted molar refractivity (Wildman–Crippen MR) is 213 cm³/mol. The Bertz CT molecular complexity index is 2010. The van der Waals surface area contributed by atoms with Crippen LogP contribution in [-0.4, -0.2) is 79.0 Å². The summed E-state index contributed by atoms with van der Waals surface area (Å²) in [5, 5.41) is 0.253. The van der Waals surface area contributed by atoms with Crippen molar-refractivity contribution in [1.82, 2.24) is 14.6 Å². The fraction of sp³-hybridized carbons (Fsp3) is 0.659. The highest BCUT2D eigenvalue weighted by Gasteiger charge is 2.61. The van der Waals surface area contributed by atoms with Crippen LogP contribution < -0.4 is 14.2 Å². The normalized spacial score (nSPS) is 31.4. The van der Waals surface area contributed by atoms with Crippen molar-refractivity contribution in [2.24, 2.45) is 29.1 Å². The first-order chi connectivity index (χ1) is 27.5. The number of sulfonamides is 1. The number of carbonyl (C=O) groups is 4. The number of ether oxygens (including phenoxy) is 3. The molecule has 0 unspecified atom stereocenters. The molecule has 57 heavy (non-hydrogen) atoms. The summed E-state index contributed by atoms with van der Waals surface area (Å²) in [5.74, 6) is -1.09. The Morgan fingerprint density at radius 2 is 1.74 bits per heavy atom. The van der Waals surface area contributed by atoms with E-state index in [2.05, 4.69) is 11.3 Å². The van der Waals surface area contributed by atoms with Gasteiger partial charge in [0.25, 0.3) is 0 Å². The molecule has 4 aliphatic carbocycles. The number of Topliss-reactive ketones (excluding diaryl/α,β-unsaturated/α-hetero) is 1. The zero-order valence-corrected chi connectivity index (χ0v) is 33.9. The van der Waals surface area contributed by atoms with Crippen LogP contribution in [-0.2, 0) is 40.4 Å². The predicted octanol–water partition coefficient (Wildman–Crippen LogP) is 6.38. The van der Waals surface area contributed by atoms with E-state index in [9.17, 15) is 27.6 Å². The van der Waals surface area contributed by atoms with E-state index >= 15 is 0 Å². The van der Waals surface area contributed by atoms with Gasteiger partial charge in [-0.05, 0) is 113 Å². The van der Waals surface area contributed by atoms with Gasteiger partial charge in [-0.25, -0.2) is 13.4 Å². The zero-order chi connectivity index (χ0) is 39.9. The number of allylic oxidation sites excluding steroid dienone is 1. The molecule has 4 saturated carbocycles. The average Bonchev–Trinajstić information content (AvgIpc) is 3.98. The number of aromatic nitrogens is 1. The number of hydrogen-bond donors (Lipinski definition) is 1. The third-order valence-electron chi connectivity index (χ3n) is 13.9. The average molecular weight is 804 g/mol. The largest absolute Gasteiger partial charge is 0.497 e. The van der Waals surface area contributed by atoms with E-state index in [1.807, 2.05) is 24.3 Å². The monoisotopic (exact) mass is 803 g/mol. The van der Waals surface area contributed by atoms with Crippen LogP contribution in [0.25, 0.3) is 10.9 Å². The number of hydrogen-bond acceptors (Lipinski definition) is 10. The van der Waals surface area contributed by atoms with Gasteiger partial charge in [-0.15, -0.1) is 6.58 Å². The minimum Gasteiger partial charge on any atom is -0.497 e. The van der Waals surface area contributed by atoms with Crippen LogP contribution in [0.3, 0.4) is 0 Å². The van der Waals surface area contributed by atoms with Crippen LogP contribution in [0.15, 0.2) is 36.9 Å². The summed E-state index contributed by atoms with van der Waals surface area (Å²) in [7, 11) is -2.23. The summed E-state index contributed by atoms with van der Waals surface area (Å²) in [6, 6.07) is 6.77. The molecule has 1 aromatic heterocycles. The first-order valence-corrected chi connectivity index (χ1v) is 22.9. The van der Waals surface area contributed by atoms with E-state index in [1.54, 1.807) is 18.1 Å². The highest BCUT2D eigenvalue weighted by molar-refractivity contribution is 7.90. The van der Waals surface area contributed by atoms with Gasteiger partial charge in [-0.3, -0.25) is 23.9 Å². The zero-order valence-electron chi connectivity index (χ0n) is 33.1. The number of pyridine rings is 1. The number of fused-ring (bicyclic) bond motifs is 5. The Kier molecular flexibility index (Phi) is 11.4. The molecule has 6 aliphatic rings. The van der Waals surface area contributed by atoms with Crippen molar-refractivity contribution < 1.29 is 41.8 Å². The van der Waals surface area contributed by atoms with Gasteiger partial charge in [-0.1, -0.05) is 31.8 Å². The number of benzene rings is 1. The number of aryl methyl sites for hydroxylation is 1. The minimum absolute atomic E-state index is 0.0182. The molecule has 2 bridgehead atoms. The second-order valence-corrected chi connectivity index (χ2v) is 19.6. The van der Waals surface area contributed by atoms with Gasteiger partial charge in [0, 0.05) is 18.2 Å². The maximum atomic E-state index is 15.0. The number of nitrogens with one attached hydrogen (secondary N) is 1. The fourth-order valence-corrected chi connectivity index (χ4v) is 11.7. The standard InChI is InChI=1S/C44H57N3O9S/c1-3-30-24-44(30,43(51)46-57(52,53)33-17-18-33)25-38(48)37-22-32-26-47(37)42(50)34(27-10-7-8-11-27)23-41(49)56-39-15-9-13-28(39)12-5-4-6-14-36-40(55-32)21-29-20-31(54-2)16-19-35(29)45-36/h3,16,19-21,27-28,30,32-34,37,39H,1,4-15,17-18,22-26H2,2H3,(H,46,51)/t28-,30-,32-,34+,37+,39-,44-/m1/s1. The van der Waals surface area contributed by atoms with Crippen molar-refractivity contribution >= 4 is 44.5 Å². The van der Waals surface area contributed by atoms with Crippen molar-refractivity contribution in [1.29, 1.82) is 0 Å². The number of rotatable bonds is 9. The lowest BCUT2D eigenvalue weighted by molar-refractivity contribution is -0.156. The maximum absolute atomic E-state index is 15.0. The lowest BCUT2D eigenvalue weighted by Gasteiger charge is -2.31. The molecule has 2 amide bonds. The Labute approximate surface area is 335 Å². The van der Waals surface area contributed by atoms with Crippen LogP contribution in [0.5, 0.6) is 11.5 Å². The third-order valence-corrected chi connectivity index (χ3v) is 15.7. The molecule has 12 nitrogen and oxygen atoms in total. The molecule has 5 fully saturated rings. The van der Waals surface area contributed by atoms with E-state index in [1.165, 1.54) is 0 Å². The van der Waals surface area contributed by atoms with Crippen LogP contribution in [0, 0.1) is 29.1 Å². The molecule has 0 spiro atoms. The number of methoxy groups -OCH3 is 1. The van der Waals surface area contributed by atoms with Gasteiger partial charge in [0.05, 0.1) is 53.9 Å². The maximum Gasteiger partial charge on any atom is 0.306 e. The van der Waals surface area contributed by atoms with Crippen LogP contribution in [0.4, 0.5) is 0 Å². The highest BCUT2D eigenvalue weighted by atomic mass is 32.2. The number of nitrogens with zero attached hydrogens (tertiary/aromatic N) is 2. The van der Waals surface area contributed by atoms with Crippen molar-refractivity contribution in [3.05, 3.63) is 42.6 Å². The first kappa shape index (κ1) is 39.8. The Hall–Kier alpha value is -4.00. The third kappa shape index (κ3) is 8.45. The Morgan fingerprint density at radius 1 is 0.982 bits per heavy atom. The Morgan fingerprint density at radius 3 is 2.47 bits per heavy atom. The summed E-state index contributed by atoms with van der Waals surface area (Å²) in [4.78, 5) is 63.7. The van der Waals surface area contributed by atoms with Crippen molar-refractivity contribution in [3.8, 4) is 11.5 Å². The molecular weight excluding hydrogens is 747 g/mol. The first-order valence-electron chi connectivity index (χ1n) is 21.3. The van der Waals surface area contributed by atoms with E-state index in [0.29, 0.717) is 43.1 Å². The van der Waals surface area contributed by atoms with Gasteiger partial charge in [-0.2, -0.15) is 0 Å². The molecule has 13 heteroatoms. The highest BCUT2D eigenvalue weighted by Crippen LogP contribution is 2.57. The van der Waals surface area contributed by atoms with Crippen molar-refractivity contribution in [2.45, 2.75) is 139 Å². The molecule has 1 saturated heterocycles. The lowest BCUT2D eigenvalue weighted by atomic mass is 9.86. The van der Waals surface area contributed by atoms with Gasteiger partial charge >= 0.3 is 5.97 Å². The van der Waals surface area contributed by atoms with E-state index in [-0.39, 0.29) is 61.4 Å². The molecule has 7 atom stereocenters. The number of ketones is 1. The number of amides is 2. The van der Waals surface area contributed by atoms with Gasteiger partial charge in [0.2, 0.25) is 21.8 Å². The molecule has 0 radical (unpaired) electrons. The number of esters is 1. The molecule has 2 aromatic rings. The molecule has 1 N–H and O–H groups in total.